The van der Waals surface area contributed by atoms with Gasteiger partial charge in [0.15, 0.2) is 0 Å². The van der Waals surface area contributed by atoms with Gasteiger partial charge in [-0.3, -0.25) is 19.7 Å². The van der Waals surface area contributed by atoms with E-state index in [1.54, 1.807) is 0 Å². The maximum atomic E-state index is 11.4. The lowest BCUT2D eigenvalue weighted by atomic mass is 10.4. The minimum absolute atomic E-state index is 0.0351. The molecule has 0 aromatic carbocycles. The van der Waals surface area contributed by atoms with E-state index in [0.717, 1.165) is 6.07 Å². The molecule has 2 N–H and O–H groups in total. The molecular weight excluding hydrogens is 218 g/mol. The van der Waals surface area contributed by atoms with Crippen LogP contribution in [0.25, 0.3) is 0 Å². The third-order valence-electron chi connectivity index (χ3n) is 1.83. The van der Waals surface area contributed by atoms with Crippen LogP contribution in [0.1, 0.15) is 10.5 Å². The van der Waals surface area contributed by atoms with Gasteiger partial charge < -0.3 is 15.0 Å². The Morgan fingerprint density at radius 3 is 2.69 bits per heavy atom. The second-order valence-electron chi connectivity index (χ2n) is 3.03. The highest BCUT2D eigenvalue weighted by Crippen LogP contribution is 2.14. The number of aryl methyl sites for hydroxylation is 1. The van der Waals surface area contributed by atoms with Crippen LogP contribution in [-0.2, 0) is 11.8 Å². The largest absolute Gasteiger partial charge is 0.480 e. The molecule has 1 amide bonds. The molecule has 0 aliphatic carbocycles. The summed E-state index contributed by atoms with van der Waals surface area (Å²) in [5.74, 6) is -1.85. The molecule has 0 aliphatic rings. The Hall–Kier alpha value is -2.38. The molecule has 0 unspecified atom stereocenters. The van der Waals surface area contributed by atoms with Crippen molar-refractivity contribution in [2.75, 3.05) is 6.54 Å². The van der Waals surface area contributed by atoms with Crippen LogP contribution in [0.5, 0.6) is 0 Å². The van der Waals surface area contributed by atoms with Crippen molar-refractivity contribution in [3.05, 3.63) is 28.1 Å². The fourth-order valence-electron chi connectivity index (χ4n) is 1.12. The van der Waals surface area contributed by atoms with Crippen LogP contribution in [-0.4, -0.2) is 33.0 Å². The summed E-state index contributed by atoms with van der Waals surface area (Å²) in [5.41, 5.74) is -0.184. The molecule has 1 heterocycles. The monoisotopic (exact) mass is 227 g/mol. The maximum Gasteiger partial charge on any atom is 0.322 e. The molecule has 1 aromatic heterocycles. The van der Waals surface area contributed by atoms with Gasteiger partial charge in [0.1, 0.15) is 12.2 Å². The number of nitro groups is 1. The number of aromatic nitrogens is 1. The molecule has 0 fully saturated rings. The van der Waals surface area contributed by atoms with Crippen molar-refractivity contribution >= 4 is 17.6 Å². The van der Waals surface area contributed by atoms with E-state index in [1.807, 2.05) is 0 Å². The van der Waals surface area contributed by atoms with Crippen LogP contribution < -0.4 is 5.32 Å². The van der Waals surface area contributed by atoms with E-state index < -0.39 is 23.3 Å². The summed E-state index contributed by atoms with van der Waals surface area (Å²) >= 11 is 0. The molecule has 0 atom stereocenters. The first-order chi connectivity index (χ1) is 7.41. The molecule has 0 saturated heterocycles. The Morgan fingerprint density at radius 1 is 1.62 bits per heavy atom. The molecule has 0 saturated carbocycles. The molecule has 0 spiro atoms. The van der Waals surface area contributed by atoms with E-state index in [2.05, 4.69) is 5.32 Å². The summed E-state index contributed by atoms with van der Waals surface area (Å²) in [6.07, 6.45) is 1.18. The highest BCUT2D eigenvalue weighted by atomic mass is 16.6. The van der Waals surface area contributed by atoms with Gasteiger partial charge in [0, 0.05) is 13.1 Å². The zero-order valence-corrected chi connectivity index (χ0v) is 8.34. The Morgan fingerprint density at radius 2 is 2.25 bits per heavy atom. The van der Waals surface area contributed by atoms with Crippen molar-refractivity contribution in [2.45, 2.75) is 0 Å². The zero-order valence-electron chi connectivity index (χ0n) is 8.34. The molecule has 1 aromatic rings. The second kappa shape index (κ2) is 4.43. The molecule has 1 rings (SSSR count). The number of amides is 1. The van der Waals surface area contributed by atoms with Gasteiger partial charge in [0.2, 0.25) is 0 Å². The number of nitrogens with zero attached hydrogens (tertiary/aromatic N) is 2. The number of nitrogens with one attached hydrogen (secondary N) is 1. The first-order valence-corrected chi connectivity index (χ1v) is 4.22. The highest BCUT2D eigenvalue weighted by molar-refractivity contribution is 5.95. The predicted molar refractivity (Wildman–Crippen MR) is 52.0 cm³/mol. The first-order valence-electron chi connectivity index (χ1n) is 4.22. The van der Waals surface area contributed by atoms with Crippen molar-refractivity contribution in [2.24, 2.45) is 7.05 Å². The highest BCUT2D eigenvalue weighted by Gasteiger charge is 2.17. The van der Waals surface area contributed by atoms with Gasteiger partial charge in [0.25, 0.3) is 11.6 Å². The number of carboxylic acids is 1. The third kappa shape index (κ3) is 2.56. The molecule has 0 radical (unpaired) electrons. The van der Waals surface area contributed by atoms with Crippen molar-refractivity contribution < 1.29 is 19.6 Å². The maximum absolute atomic E-state index is 11.4. The quantitative estimate of drug-likeness (QED) is 0.543. The van der Waals surface area contributed by atoms with Gasteiger partial charge in [-0.15, -0.1) is 0 Å². The lowest BCUT2D eigenvalue weighted by Crippen LogP contribution is -2.30. The summed E-state index contributed by atoms with van der Waals surface area (Å²) in [7, 11) is 1.46. The van der Waals surface area contributed by atoms with Gasteiger partial charge in [-0.05, 0) is 0 Å². The summed E-state index contributed by atoms with van der Waals surface area (Å²) in [6, 6.07) is 1.08. The average molecular weight is 227 g/mol. The summed E-state index contributed by atoms with van der Waals surface area (Å²) in [4.78, 5) is 31.4. The molecule has 16 heavy (non-hydrogen) atoms. The summed E-state index contributed by atoms with van der Waals surface area (Å²) in [6.45, 7) is -0.530. The standard InChI is InChI=1S/C8H9N3O5/c1-10-4-5(11(15)16)2-6(10)8(14)9-3-7(12)13/h2,4H,3H2,1H3,(H,9,14)(H,12,13). The van der Waals surface area contributed by atoms with Gasteiger partial charge in [-0.25, -0.2) is 0 Å². The van der Waals surface area contributed by atoms with Gasteiger partial charge in [-0.2, -0.15) is 0 Å². The smallest absolute Gasteiger partial charge is 0.322 e. The van der Waals surface area contributed by atoms with Crippen molar-refractivity contribution in [1.29, 1.82) is 0 Å². The number of carboxylic acid groups (broad SMARTS) is 1. The van der Waals surface area contributed by atoms with E-state index in [4.69, 9.17) is 5.11 Å². The van der Waals surface area contributed by atoms with E-state index in [0.29, 0.717) is 0 Å². The number of hydrogen-bond acceptors (Lipinski definition) is 4. The van der Waals surface area contributed by atoms with Crippen LogP contribution in [0, 0.1) is 10.1 Å². The predicted octanol–water partition coefficient (Wildman–Crippen LogP) is -0.252. The van der Waals surface area contributed by atoms with Gasteiger partial charge >= 0.3 is 5.97 Å². The van der Waals surface area contributed by atoms with Gasteiger partial charge in [-0.1, -0.05) is 0 Å². The number of rotatable bonds is 4. The molecule has 0 bridgehead atoms. The minimum Gasteiger partial charge on any atom is -0.480 e. The average Bonchev–Trinajstić information content (AvgIpc) is 2.57. The van der Waals surface area contributed by atoms with Crippen molar-refractivity contribution in [1.82, 2.24) is 9.88 Å². The Balaban J connectivity index is 2.83. The van der Waals surface area contributed by atoms with Crippen molar-refractivity contribution in [3.8, 4) is 0 Å². The van der Waals surface area contributed by atoms with Crippen LogP contribution in [0.4, 0.5) is 5.69 Å². The number of carbonyl (C=O) groups is 2. The molecule has 8 nitrogen and oxygen atoms in total. The zero-order chi connectivity index (χ0) is 12.3. The van der Waals surface area contributed by atoms with E-state index in [-0.39, 0.29) is 11.4 Å². The lowest BCUT2D eigenvalue weighted by Gasteiger charge is -2.01. The normalized spacial score (nSPS) is 9.81. The van der Waals surface area contributed by atoms with E-state index >= 15 is 0 Å². The number of hydrogen-bond donors (Lipinski definition) is 2. The van der Waals surface area contributed by atoms with Crippen LogP contribution in [0.2, 0.25) is 0 Å². The molecule has 86 valence electrons. The molecular formula is C8H9N3O5. The van der Waals surface area contributed by atoms with Crippen LogP contribution in [0.15, 0.2) is 12.3 Å². The van der Waals surface area contributed by atoms with Gasteiger partial charge in [0.05, 0.1) is 11.1 Å². The Bertz CT molecular complexity index is 451. The van der Waals surface area contributed by atoms with Crippen LogP contribution >= 0.6 is 0 Å². The van der Waals surface area contributed by atoms with Crippen LogP contribution in [0.3, 0.4) is 0 Å². The topological polar surface area (TPSA) is 114 Å². The Kier molecular flexibility index (Phi) is 3.24. The second-order valence-corrected chi connectivity index (χ2v) is 3.03. The first kappa shape index (κ1) is 11.7. The summed E-state index contributed by atoms with van der Waals surface area (Å²) < 4.78 is 1.26. The SMILES string of the molecule is Cn1cc([N+](=O)[O-])cc1C(=O)NCC(=O)O. The minimum atomic E-state index is -1.18. The molecule has 0 aliphatic heterocycles. The van der Waals surface area contributed by atoms with Crippen molar-refractivity contribution in [3.63, 3.8) is 0 Å². The van der Waals surface area contributed by atoms with E-state index in [1.165, 1.54) is 17.8 Å². The van der Waals surface area contributed by atoms with E-state index in [9.17, 15) is 19.7 Å². The number of aliphatic carboxylic acids is 1. The Labute approximate surface area is 89.6 Å². The lowest BCUT2D eigenvalue weighted by molar-refractivity contribution is -0.384. The summed E-state index contributed by atoms with van der Waals surface area (Å²) in [5, 5.41) is 20.9. The fraction of sp³-hybridized carbons (Fsp3) is 0.250. The molecule has 8 heteroatoms. The fourth-order valence-corrected chi connectivity index (χ4v) is 1.12. The third-order valence-corrected chi connectivity index (χ3v) is 1.83. The number of carbonyl (C=O) groups excluding carboxylic acids is 1.